The molecule has 0 saturated carbocycles. The summed E-state index contributed by atoms with van der Waals surface area (Å²) in [6.07, 6.45) is 1.94. The van der Waals surface area contributed by atoms with Crippen molar-refractivity contribution in [3.8, 4) is 0 Å². The van der Waals surface area contributed by atoms with Crippen LogP contribution >= 0.6 is 0 Å². The molecule has 0 aliphatic carbocycles. The molecule has 90 valence electrons. The van der Waals surface area contributed by atoms with Crippen LogP contribution in [-0.2, 0) is 4.79 Å². The molecule has 0 heterocycles. The molecule has 0 radical (unpaired) electrons. The quantitative estimate of drug-likeness (QED) is 0.449. The smallest absolute Gasteiger partial charge is 0.452 e. The molecular formula is C12H19N2O2Rb. The average Bonchev–Trinajstić information content (AvgIpc) is 2.30. The van der Waals surface area contributed by atoms with E-state index in [-0.39, 0.29) is 69.5 Å². The van der Waals surface area contributed by atoms with Gasteiger partial charge in [0.25, 0.3) is 0 Å². The number of rotatable bonds is 4. The molecule has 17 heavy (non-hydrogen) atoms. The second kappa shape index (κ2) is 14.0. The Kier molecular flexibility index (Phi) is 18.3. The molecular weight excluding hydrogens is 290 g/mol. The van der Waals surface area contributed by atoms with Gasteiger partial charge in [-0.3, -0.25) is 9.59 Å². The Morgan fingerprint density at radius 2 is 1.82 bits per heavy atom. The Morgan fingerprint density at radius 3 is 2.06 bits per heavy atom. The number of urea groups is 1. The number of hydrogen-bond donors (Lipinski definition) is 1. The van der Waals surface area contributed by atoms with Gasteiger partial charge < -0.3 is 10.6 Å². The van der Waals surface area contributed by atoms with Crippen molar-refractivity contribution in [1.29, 1.82) is 0 Å². The molecule has 5 heteroatoms. The van der Waals surface area contributed by atoms with E-state index in [1.165, 1.54) is 13.1 Å². The first-order valence-electron chi connectivity index (χ1n) is 4.98. The third-order valence-corrected chi connectivity index (χ3v) is 1.48. The van der Waals surface area contributed by atoms with E-state index < -0.39 is 6.03 Å². The van der Waals surface area contributed by atoms with E-state index in [9.17, 15) is 9.59 Å². The minimum absolute atomic E-state index is 0. The van der Waals surface area contributed by atoms with Gasteiger partial charge in [-0.15, -0.1) is 0 Å². The van der Waals surface area contributed by atoms with Gasteiger partial charge in [-0.05, 0) is 18.2 Å². The number of aldehydes is 1. The number of hydrogen-bond acceptors (Lipinski definition) is 2. The van der Waals surface area contributed by atoms with Crippen LogP contribution < -0.4 is 63.5 Å². The van der Waals surface area contributed by atoms with Crippen LogP contribution in [-0.4, -0.2) is 19.4 Å². The Balaban J connectivity index is -0.000000616. The van der Waals surface area contributed by atoms with E-state index in [0.717, 1.165) is 0 Å². The second-order valence-electron chi connectivity index (χ2n) is 2.57. The average molecular weight is 309 g/mol. The van der Waals surface area contributed by atoms with E-state index in [1.54, 1.807) is 6.92 Å². The van der Waals surface area contributed by atoms with E-state index in [0.29, 0.717) is 11.9 Å². The maximum atomic E-state index is 10.9. The molecule has 4 nitrogen and oxygen atoms in total. The molecule has 0 unspecified atom stereocenters. The molecule has 0 aliphatic rings. The summed E-state index contributed by atoms with van der Waals surface area (Å²) < 4.78 is 0. The molecule has 0 saturated heterocycles. The molecule has 1 N–H and O–H groups in total. The molecule has 0 aromatic rings. The zero-order chi connectivity index (χ0) is 13.1. The number of amides is 2. The van der Waals surface area contributed by atoms with Crippen LogP contribution in [0.25, 0.3) is 5.32 Å². The van der Waals surface area contributed by atoms with Crippen LogP contribution in [0.2, 0.25) is 0 Å². The van der Waals surface area contributed by atoms with Crippen LogP contribution in [0.15, 0.2) is 36.1 Å². The summed E-state index contributed by atoms with van der Waals surface area (Å²) in [4.78, 5) is 21.6. The molecule has 0 atom stereocenters. The molecule has 0 bridgehead atoms. The van der Waals surface area contributed by atoms with Crippen molar-refractivity contribution in [1.82, 2.24) is 5.32 Å². The van der Waals surface area contributed by atoms with E-state index in [2.05, 4.69) is 23.8 Å². The van der Waals surface area contributed by atoms with Gasteiger partial charge in [0.1, 0.15) is 0 Å². The summed E-state index contributed by atoms with van der Waals surface area (Å²) in [5.74, 6) is 0. The first kappa shape index (κ1) is 22.2. The summed E-state index contributed by atoms with van der Waals surface area (Å²) in [6.45, 7) is 12.7. The third kappa shape index (κ3) is 9.65. The Labute approximate surface area is 152 Å². The molecule has 0 rings (SSSR count). The summed E-state index contributed by atoms with van der Waals surface area (Å²) in [7, 11) is 1.45. The Hall–Kier alpha value is -0.0348. The van der Waals surface area contributed by atoms with E-state index in [1.807, 2.05) is 13.8 Å². The SMILES string of the molecule is C=C/C([N-]C(=O)NC)=C(/C=O)C(=C)C.CC.[Rb+]. The van der Waals surface area contributed by atoms with Crippen molar-refractivity contribution in [2.45, 2.75) is 20.8 Å². The summed E-state index contributed by atoms with van der Waals surface area (Å²) >= 11 is 0. The summed E-state index contributed by atoms with van der Waals surface area (Å²) in [5.41, 5.74) is 1.05. The molecule has 2 amide bonds. The fraction of sp³-hybridized carbons (Fsp3) is 0.333. The fourth-order valence-corrected chi connectivity index (χ4v) is 0.761. The van der Waals surface area contributed by atoms with Crippen molar-refractivity contribution in [3.05, 3.63) is 41.4 Å². The van der Waals surface area contributed by atoms with E-state index in [4.69, 9.17) is 0 Å². The first-order valence-corrected chi connectivity index (χ1v) is 4.98. The molecule has 0 spiro atoms. The topological polar surface area (TPSA) is 60.3 Å². The fourth-order valence-electron chi connectivity index (χ4n) is 0.761. The van der Waals surface area contributed by atoms with Crippen LogP contribution in [0.5, 0.6) is 0 Å². The van der Waals surface area contributed by atoms with Crippen molar-refractivity contribution >= 4 is 12.3 Å². The van der Waals surface area contributed by atoms with Gasteiger partial charge in [0, 0.05) is 5.57 Å². The molecule has 0 aliphatic heterocycles. The Bertz CT molecular complexity index is 310. The molecule has 0 fully saturated rings. The number of carbonyl (C=O) groups is 2. The van der Waals surface area contributed by atoms with Crippen molar-refractivity contribution < 1.29 is 67.8 Å². The zero-order valence-electron chi connectivity index (χ0n) is 11.3. The maximum Gasteiger partial charge on any atom is 1.00 e. The predicted octanol–water partition coefficient (Wildman–Crippen LogP) is -0.0552. The van der Waals surface area contributed by atoms with Crippen molar-refractivity contribution in [2.24, 2.45) is 0 Å². The zero-order valence-corrected chi connectivity index (χ0v) is 16.2. The van der Waals surface area contributed by atoms with Crippen LogP contribution in [0.3, 0.4) is 0 Å². The number of carbonyl (C=O) groups excluding carboxylic acids is 2. The van der Waals surface area contributed by atoms with Crippen molar-refractivity contribution in [3.63, 3.8) is 0 Å². The van der Waals surface area contributed by atoms with Gasteiger partial charge in [0.05, 0.1) is 0 Å². The van der Waals surface area contributed by atoms with Gasteiger partial charge >= 0.3 is 58.2 Å². The summed E-state index contributed by atoms with van der Waals surface area (Å²) in [6, 6.07) is -0.527. The van der Waals surface area contributed by atoms with Gasteiger partial charge in [0.15, 0.2) is 12.3 Å². The van der Waals surface area contributed by atoms with Crippen LogP contribution in [0.1, 0.15) is 20.8 Å². The number of nitrogens with one attached hydrogen (secondary N) is 1. The normalized spacial score (nSPS) is 9.41. The first-order chi connectivity index (χ1) is 7.56. The van der Waals surface area contributed by atoms with Crippen molar-refractivity contribution in [2.75, 3.05) is 7.05 Å². The van der Waals surface area contributed by atoms with Gasteiger partial charge in [-0.25, -0.2) is 0 Å². The van der Waals surface area contributed by atoms with E-state index >= 15 is 0 Å². The van der Waals surface area contributed by atoms with Crippen LogP contribution in [0.4, 0.5) is 4.79 Å². The molecule has 0 aromatic carbocycles. The number of nitrogens with zero attached hydrogens (tertiary/aromatic N) is 1. The van der Waals surface area contributed by atoms with Crippen LogP contribution in [0, 0.1) is 0 Å². The standard InChI is InChI=1S/C10H14N2O2.C2H6.Rb/c1-5-9(12-10(14)11-4)8(6-13)7(2)3;1-2;/h5-6H,1-2H2,3-4H3,(H2,11,12,13,14);1-2H3;/q;;+1/p-1. The summed E-state index contributed by atoms with van der Waals surface area (Å²) in [5, 5.41) is 5.94. The predicted molar refractivity (Wildman–Crippen MR) is 67.3 cm³/mol. The minimum Gasteiger partial charge on any atom is -0.452 e. The largest absolute Gasteiger partial charge is 1.00 e. The van der Waals surface area contributed by atoms with Gasteiger partial charge in [-0.1, -0.05) is 40.1 Å². The third-order valence-electron chi connectivity index (χ3n) is 1.48. The van der Waals surface area contributed by atoms with Gasteiger partial charge in [-0.2, -0.15) is 0 Å². The minimum atomic E-state index is -0.527. The Morgan fingerprint density at radius 1 is 1.35 bits per heavy atom. The van der Waals surface area contributed by atoms with Gasteiger partial charge in [0.2, 0.25) is 0 Å². The number of allylic oxidation sites excluding steroid dienone is 3. The second-order valence-corrected chi connectivity index (χ2v) is 2.57. The molecule has 0 aromatic heterocycles. The maximum absolute atomic E-state index is 10.9. The monoisotopic (exact) mass is 308 g/mol.